The van der Waals surface area contributed by atoms with E-state index >= 15 is 0 Å². The molecule has 2 aromatic heterocycles. The zero-order valence-corrected chi connectivity index (χ0v) is 9.10. The first-order valence-corrected chi connectivity index (χ1v) is 4.90. The third kappa shape index (κ3) is 2.03. The molecule has 0 aromatic carbocycles. The van der Waals surface area contributed by atoms with Gasteiger partial charge in [-0.2, -0.15) is 9.61 Å². The molecule has 7 heteroatoms. The molecular formula is C9H13N5O2. The van der Waals surface area contributed by atoms with E-state index in [2.05, 4.69) is 20.6 Å². The number of hydrogen-bond donors (Lipinski definition) is 2. The average Bonchev–Trinajstić information content (AvgIpc) is 2.61. The summed E-state index contributed by atoms with van der Waals surface area (Å²) in [6, 6.07) is 3.60. The van der Waals surface area contributed by atoms with Crippen molar-refractivity contribution in [1.29, 1.82) is 0 Å². The van der Waals surface area contributed by atoms with Gasteiger partial charge in [0.1, 0.15) is 5.82 Å². The lowest BCUT2D eigenvalue weighted by atomic mass is 10.3. The van der Waals surface area contributed by atoms with Gasteiger partial charge in [-0.1, -0.05) is 0 Å². The van der Waals surface area contributed by atoms with Gasteiger partial charge in [-0.15, -0.1) is 5.10 Å². The molecule has 1 atom stereocenters. The van der Waals surface area contributed by atoms with Gasteiger partial charge in [0.05, 0.1) is 6.61 Å². The van der Waals surface area contributed by atoms with E-state index < -0.39 is 0 Å². The topological polar surface area (TPSA) is 84.3 Å². The molecule has 0 aliphatic carbocycles. The van der Waals surface area contributed by atoms with Gasteiger partial charge in [0.2, 0.25) is 0 Å². The van der Waals surface area contributed by atoms with E-state index in [4.69, 9.17) is 4.74 Å². The lowest BCUT2D eigenvalue weighted by Gasteiger charge is -2.12. The predicted molar refractivity (Wildman–Crippen MR) is 58.6 cm³/mol. The van der Waals surface area contributed by atoms with Crippen LogP contribution in [0.3, 0.4) is 0 Å². The smallest absolute Gasteiger partial charge is 0.364 e. The molecule has 7 nitrogen and oxygen atoms in total. The minimum Gasteiger partial charge on any atom is -0.383 e. The van der Waals surface area contributed by atoms with Gasteiger partial charge in [0.15, 0.2) is 5.65 Å². The monoisotopic (exact) mass is 223 g/mol. The number of hydrogen-bond acceptors (Lipinski definition) is 5. The SMILES string of the molecule is COCC(C)Nc1ccc2n[nH]c(=O)n2n1. The van der Waals surface area contributed by atoms with Crippen molar-refractivity contribution in [3.05, 3.63) is 22.6 Å². The molecule has 2 rings (SSSR count). The molecule has 0 aliphatic rings. The van der Waals surface area contributed by atoms with Crippen LogP contribution in [0.4, 0.5) is 5.82 Å². The van der Waals surface area contributed by atoms with Crippen LogP contribution in [0, 0.1) is 0 Å². The Kier molecular flexibility index (Phi) is 2.86. The summed E-state index contributed by atoms with van der Waals surface area (Å²) in [5, 5.41) is 13.3. The molecule has 0 aliphatic heterocycles. The van der Waals surface area contributed by atoms with E-state index in [9.17, 15) is 4.79 Å². The van der Waals surface area contributed by atoms with E-state index in [0.29, 0.717) is 18.1 Å². The summed E-state index contributed by atoms with van der Waals surface area (Å²) in [4.78, 5) is 11.3. The van der Waals surface area contributed by atoms with Gasteiger partial charge in [-0.25, -0.2) is 9.89 Å². The first-order valence-electron chi connectivity index (χ1n) is 4.90. The fourth-order valence-electron chi connectivity index (χ4n) is 1.42. The predicted octanol–water partition coefficient (Wildman–Crippen LogP) is -0.136. The zero-order valence-electron chi connectivity index (χ0n) is 9.10. The minimum absolute atomic E-state index is 0.123. The Morgan fingerprint density at radius 2 is 2.44 bits per heavy atom. The Balaban J connectivity index is 2.25. The van der Waals surface area contributed by atoms with Crippen LogP contribution in [-0.2, 0) is 4.74 Å². The quantitative estimate of drug-likeness (QED) is 0.754. The summed E-state index contributed by atoms with van der Waals surface area (Å²) in [5.41, 5.74) is 0.146. The van der Waals surface area contributed by atoms with Gasteiger partial charge >= 0.3 is 5.69 Å². The molecule has 16 heavy (non-hydrogen) atoms. The van der Waals surface area contributed by atoms with Crippen molar-refractivity contribution in [2.75, 3.05) is 19.0 Å². The zero-order chi connectivity index (χ0) is 11.5. The Hall–Kier alpha value is -1.89. The van der Waals surface area contributed by atoms with Crippen LogP contribution in [0.15, 0.2) is 16.9 Å². The van der Waals surface area contributed by atoms with Crippen molar-refractivity contribution < 1.29 is 4.74 Å². The van der Waals surface area contributed by atoms with Crippen molar-refractivity contribution >= 4 is 11.5 Å². The molecule has 86 valence electrons. The minimum atomic E-state index is -0.349. The molecule has 0 saturated carbocycles. The van der Waals surface area contributed by atoms with Crippen molar-refractivity contribution in [3.8, 4) is 0 Å². The van der Waals surface area contributed by atoms with E-state index in [1.807, 2.05) is 6.92 Å². The number of fused-ring (bicyclic) bond motifs is 1. The summed E-state index contributed by atoms with van der Waals surface area (Å²) in [6.07, 6.45) is 0. The molecule has 0 bridgehead atoms. The number of aromatic amines is 1. The van der Waals surface area contributed by atoms with E-state index in [1.165, 1.54) is 4.52 Å². The Morgan fingerprint density at radius 3 is 3.19 bits per heavy atom. The normalized spacial score (nSPS) is 12.9. The molecular weight excluding hydrogens is 210 g/mol. The fraction of sp³-hybridized carbons (Fsp3) is 0.444. The van der Waals surface area contributed by atoms with E-state index in [1.54, 1.807) is 19.2 Å². The van der Waals surface area contributed by atoms with Crippen LogP contribution >= 0.6 is 0 Å². The lowest BCUT2D eigenvalue weighted by molar-refractivity contribution is 0.190. The number of anilines is 1. The van der Waals surface area contributed by atoms with Crippen LogP contribution in [-0.4, -0.2) is 39.6 Å². The third-order valence-corrected chi connectivity index (χ3v) is 2.08. The molecule has 0 saturated heterocycles. The molecule has 0 amide bonds. The van der Waals surface area contributed by atoms with Crippen molar-refractivity contribution in [2.24, 2.45) is 0 Å². The maximum atomic E-state index is 11.3. The van der Waals surface area contributed by atoms with Crippen LogP contribution in [0.2, 0.25) is 0 Å². The Labute approximate surface area is 91.4 Å². The van der Waals surface area contributed by atoms with E-state index in [-0.39, 0.29) is 11.7 Å². The highest BCUT2D eigenvalue weighted by Crippen LogP contribution is 2.04. The molecule has 2 heterocycles. The summed E-state index contributed by atoms with van der Waals surface area (Å²) in [7, 11) is 1.63. The molecule has 2 aromatic rings. The second kappa shape index (κ2) is 4.31. The maximum absolute atomic E-state index is 11.3. The number of aromatic nitrogens is 4. The summed E-state index contributed by atoms with van der Waals surface area (Å²) in [6.45, 7) is 2.54. The number of nitrogens with one attached hydrogen (secondary N) is 2. The highest BCUT2D eigenvalue weighted by Gasteiger charge is 2.05. The first-order chi connectivity index (χ1) is 7.70. The highest BCUT2D eigenvalue weighted by molar-refractivity contribution is 5.43. The van der Waals surface area contributed by atoms with Gasteiger partial charge in [-0.05, 0) is 19.1 Å². The van der Waals surface area contributed by atoms with Crippen LogP contribution in [0.25, 0.3) is 5.65 Å². The van der Waals surface area contributed by atoms with Crippen LogP contribution in [0.1, 0.15) is 6.92 Å². The lowest BCUT2D eigenvalue weighted by Crippen LogP contribution is -2.23. The molecule has 1 unspecified atom stereocenters. The van der Waals surface area contributed by atoms with Crippen molar-refractivity contribution in [2.45, 2.75) is 13.0 Å². The largest absolute Gasteiger partial charge is 0.383 e. The summed E-state index contributed by atoms with van der Waals surface area (Å²) in [5.74, 6) is 0.612. The van der Waals surface area contributed by atoms with Gasteiger partial charge in [0.25, 0.3) is 0 Å². The first kappa shape index (κ1) is 10.6. The number of rotatable bonds is 4. The van der Waals surface area contributed by atoms with Gasteiger partial charge in [0, 0.05) is 13.2 Å². The maximum Gasteiger partial charge on any atom is 0.364 e. The fourth-order valence-corrected chi connectivity index (χ4v) is 1.42. The van der Waals surface area contributed by atoms with Gasteiger partial charge in [-0.3, -0.25) is 0 Å². The van der Waals surface area contributed by atoms with Crippen molar-refractivity contribution in [3.63, 3.8) is 0 Å². The average molecular weight is 223 g/mol. The van der Waals surface area contributed by atoms with E-state index in [0.717, 1.165) is 0 Å². The molecule has 0 spiro atoms. The summed E-state index contributed by atoms with van der Waals surface area (Å²) >= 11 is 0. The number of nitrogens with zero attached hydrogens (tertiary/aromatic N) is 3. The van der Waals surface area contributed by atoms with Gasteiger partial charge < -0.3 is 10.1 Å². The third-order valence-electron chi connectivity index (χ3n) is 2.08. The molecule has 2 N–H and O–H groups in total. The standard InChI is InChI=1S/C9H13N5O2/c1-6(5-16-2)10-7-3-4-8-11-12-9(15)14(8)13-7/h3-4,6H,5H2,1-2H3,(H,10,13)(H,12,15). The number of H-pyrrole nitrogens is 1. The van der Waals surface area contributed by atoms with Crippen LogP contribution < -0.4 is 11.0 Å². The molecule has 0 radical (unpaired) electrons. The second-order valence-electron chi connectivity index (χ2n) is 3.52. The Morgan fingerprint density at radius 1 is 1.62 bits per heavy atom. The summed E-state index contributed by atoms with van der Waals surface area (Å²) < 4.78 is 6.20. The molecule has 0 fully saturated rings. The highest BCUT2D eigenvalue weighted by atomic mass is 16.5. The Bertz CT molecular complexity index is 532. The number of methoxy groups -OCH3 is 1. The van der Waals surface area contributed by atoms with Crippen LogP contribution in [0.5, 0.6) is 0 Å². The van der Waals surface area contributed by atoms with Crippen molar-refractivity contribution in [1.82, 2.24) is 19.8 Å². The number of ether oxygens (including phenoxy) is 1. The second-order valence-corrected chi connectivity index (χ2v) is 3.52.